The Morgan fingerprint density at radius 2 is 2.12 bits per heavy atom. The van der Waals surface area contributed by atoms with E-state index >= 15 is 0 Å². The van der Waals surface area contributed by atoms with Crippen molar-refractivity contribution in [2.45, 2.75) is 11.9 Å². The first-order chi connectivity index (χ1) is 7.86. The van der Waals surface area contributed by atoms with Crippen molar-refractivity contribution in [2.24, 2.45) is 0 Å². The van der Waals surface area contributed by atoms with Gasteiger partial charge in [0, 0.05) is 5.38 Å². The third kappa shape index (κ3) is 2.70. The highest BCUT2D eigenvalue weighted by Crippen LogP contribution is 2.29. The summed E-state index contributed by atoms with van der Waals surface area (Å²) in [6.07, 6.45) is 5.31. The minimum atomic E-state index is 0.976. The van der Waals surface area contributed by atoms with Crippen molar-refractivity contribution in [3.05, 3.63) is 17.3 Å². The molecule has 0 aromatic carbocycles. The van der Waals surface area contributed by atoms with Gasteiger partial charge >= 0.3 is 0 Å². The van der Waals surface area contributed by atoms with E-state index in [0.717, 1.165) is 20.8 Å². The van der Waals surface area contributed by atoms with Gasteiger partial charge in [0.25, 0.3) is 0 Å². The number of thiophene rings is 1. The maximum atomic E-state index is 4.25. The molecular weight excluding hydrogens is 256 g/mol. The predicted molar refractivity (Wildman–Crippen MR) is 76.7 cm³/mol. The maximum Gasteiger partial charge on any atom is 0.117 e. The zero-order valence-corrected chi connectivity index (χ0v) is 11.8. The van der Waals surface area contributed by atoms with E-state index in [4.69, 9.17) is 0 Å². The minimum absolute atomic E-state index is 0.976. The van der Waals surface area contributed by atoms with E-state index in [1.807, 2.05) is 18.6 Å². The molecule has 0 radical (unpaired) electrons. The van der Waals surface area contributed by atoms with Crippen molar-refractivity contribution in [3.63, 3.8) is 0 Å². The van der Waals surface area contributed by atoms with Crippen LogP contribution in [0.3, 0.4) is 0 Å². The van der Waals surface area contributed by atoms with Crippen molar-refractivity contribution < 1.29 is 0 Å². The number of aromatic nitrogens is 2. The lowest BCUT2D eigenvalue weighted by molar-refractivity contribution is 1.11. The molecule has 2 heterocycles. The van der Waals surface area contributed by atoms with Crippen LogP contribution in [0.25, 0.3) is 10.2 Å². The molecule has 0 fully saturated rings. The van der Waals surface area contributed by atoms with Crippen molar-refractivity contribution >= 4 is 45.9 Å². The molecule has 0 aliphatic rings. The summed E-state index contributed by atoms with van der Waals surface area (Å²) in [5, 5.41) is 3.07. The van der Waals surface area contributed by atoms with Crippen LogP contribution in [0.2, 0.25) is 0 Å². The Labute approximate surface area is 109 Å². The monoisotopic (exact) mass is 268 g/mol. The lowest BCUT2D eigenvalue weighted by Gasteiger charge is -1.95. The Morgan fingerprint density at radius 3 is 2.75 bits per heavy atom. The molecule has 2 aromatic rings. The van der Waals surface area contributed by atoms with Crippen molar-refractivity contribution in [3.8, 4) is 11.8 Å². The molecule has 2 nitrogen and oxygen atoms in total. The Hall–Kier alpha value is -0.700. The molecule has 0 atom stereocenters. The number of thiol groups is 1. The summed E-state index contributed by atoms with van der Waals surface area (Å²) in [7, 11) is 0. The smallest absolute Gasteiger partial charge is 0.117 e. The number of hydrogen-bond acceptors (Lipinski definition) is 5. The fourth-order valence-corrected chi connectivity index (χ4v) is 2.86. The predicted octanol–water partition coefficient (Wildman–Crippen LogP) is 3.33. The largest absolute Gasteiger partial charge is 0.234 e. The Kier molecular flexibility index (Phi) is 5.67. The van der Waals surface area contributed by atoms with E-state index < -0.39 is 0 Å². The summed E-state index contributed by atoms with van der Waals surface area (Å²) in [6, 6.07) is 0. The van der Waals surface area contributed by atoms with Gasteiger partial charge < -0.3 is 0 Å². The number of rotatable bonds is 1. The fraction of sp³-hybridized carbons (Fsp3) is 0.273. The second kappa shape index (κ2) is 6.79. The van der Waals surface area contributed by atoms with Gasteiger partial charge in [0.1, 0.15) is 16.9 Å². The molecule has 84 valence electrons. The molecular formula is C11H12N2S3. The van der Waals surface area contributed by atoms with Crippen LogP contribution < -0.4 is 0 Å². The highest BCUT2D eigenvalue weighted by atomic mass is 32.2. The summed E-state index contributed by atoms with van der Waals surface area (Å²) < 4.78 is 1.14. The molecule has 0 N–H and O–H groups in total. The van der Waals surface area contributed by atoms with Crippen molar-refractivity contribution in [1.29, 1.82) is 0 Å². The van der Waals surface area contributed by atoms with Gasteiger partial charge in [0.15, 0.2) is 0 Å². The van der Waals surface area contributed by atoms with E-state index in [9.17, 15) is 0 Å². The molecule has 0 unspecified atom stereocenters. The first kappa shape index (κ1) is 13.4. The third-order valence-corrected chi connectivity index (χ3v) is 3.58. The molecule has 0 saturated carbocycles. The van der Waals surface area contributed by atoms with Crippen LogP contribution in [0, 0.1) is 11.8 Å². The van der Waals surface area contributed by atoms with Crippen LogP contribution in [0.15, 0.2) is 16.7 Å². The minimum Gasteiger partial charge on any atom is -0.234 e. The van der Waals surface area contributed by atoms with Crippen LogP contribution in [-0.2, 0) is 0 Å². The zero-order chi connectivity index (χ0) is 12.0. The molecule has 0 aliphatic carbocycles. The molecule has 0 spiro atoms. The van der Waals surface area contributed by atoms with Crippen LogP contribution >= 0.6 is 35.7 Å². The van der Waals surface area contributed by atoms with Gasteiger partial charge in [-0.05, 0) is 19.4 Å². The van der Waals surface area contributed by atoms with E-state index in [-0.39, 0.29) is 0 Å². The second-order valence-electron chi connectivity index (χ2n) is 2.59. The number of thioether (sulfide) groups is 1. The number of fused-ring (bicyclic) bond motifs is 1. The highest BCUT2D eigenvalue weighted by Gasteiger charge is 2.07. The molecule has 0 amide bonds. The molecule has 0 bridgehead atoms. The third-order valence-electron chi connectivity index (χ3n) is 1.77. The summed E-state index contributed by atoms with van der Waals surface area (Å²) in [5.41, 5.74) is 1.98. The molecule has 2 rings (SSSR count). The average Bonchev–Trinajstić information content (AvgIpc) is 2.76. The molecule has 0 aliphatic heterocycles. The Balaban J connectivity index is 0.000000606. The van der Waals surface area contributed by atoms with Gasteiger partial charge in [-0.15, -0.1) is 29.0 Å². The average molecular weight is 268 g/mol. The zero-order valence-electron chi connectivity index (χ0n) is 9.31. The van der Waals surface area contributed by atoms with Gasteiger partial charge in [-0.1, -0.05) is 5.92 Å². The first-order valence-corrected chi connectivity index (χ1v) is 7.50. The molecule has 16 heavy (non-hydrogen) atoms. The van der Waals surface area contributed by atoms with E-state index in [1.165, 1.54) is 0 Å². The van der Waals surface area contributed by atoms with Crippen LogP contribution in [-0.4, -0.2) is 22.5 Å². The fourth-order valence-electron chi connectivity index (χ4n) is 1.20. The normalized spacial score (nSPS) is 9.00. The lowest BCUT2D eigenvalue weighted by atomic mass is 10.3. The van der Waals surface area contributed by atoms with Gasteiger partial charge in [-0.25, -0.2) is 9.97 Å². The highest BCUT2D eigenvalue weighted by molar-refractivity contribution is 7.98. The van der Waals surface area contributed by atoms with Crippen molar-refractivity contribution in [1.82, 2.24) is 9.97 Å². The quantitative estimate of drug-likeness (QED) is 0.372. The second-order valence-corrected chi connectivity index (χ2v) is 4.26. The maximum absolute atomic E-state index is 4.25. The summed E-state index contributed by atoms with van der Waals surface area (Å²) in [6.45, 7) is 1.83. The van der Waals surface area contributed by atoms with Crippen LogP contribution in [0.1, 0.15) is 12.5 Å². The van der Waals surface area contributed by atoms with Gasteiger partial charge in [-0.2, -0.15) is 12.6 Å². The molecule has 5 heteroatoms. The Morgan fingerprint density at radius 1 is 1.38 bits per heavy atom. The lowest BCUT2D eigenvalue weighted by Crippen LogP contribution is -1.83. The topological polar surface area (TPSA) is 25.8 Å². The Bertz CT molecular complexity index is 523. The number of nitrogens with zero attached hydrogens (tertiary/aromatic N) is 2. The number of hydrogen-bond donors (Lipinski definition) is 1. The molecule has 0 saturated heterocycles. The standard InChI is InChI=1S/C10H8N2S2.CH4S/c1-3-4-7-5-14-9-8(7)11-6-12-10(9)13-2;1-2/h5-6H,1-2H3;2H,1H3. The molecule has 2 aromatic heterocycles. The van der Waals surface area contributed by atoms with E-state index in [2.05, 4.69) is 34.4 Å². The van der Waals surface area contributed by atoms with Gasteiger partial charge in [0.2, 0.25) is 0 Å². The van der Waals surface area contributed by atoms with Crippen LogP contribution in [0.5, 0.6) is 0 Å². The van der Waals surface area contributed by atoms with E-state index in [1.54, 1.807) is 35.7 Å². The van der Waals surface area contributed by atoms with E-state index in [0.29, 0.717) is 0 Å². The SMILES string of the molecule is CC#Cc1csc2c(SC)ncnc12.CS. The summed E-state index contributed by atoms with van der Waals surface area (Å²) in [4.78, 5) is 8.46. The van der Waals surface area contributed by atoms with Crippen molar-refractivity contribution in [2.75, 3.05) is 12.5 Å². The van der Waals surface area contributed by atoms with Gasteiger partial charge in [-0.3, -0.25) is 0 Å². The first-order valence-electron chi connectivity index (χ1n) is 4.50. The summed E-state index contributed by atoms with van der Waals surface area (Å²) in [5.74, 6) is 5.93. The van der Waals surface area contributed by atoms with Crippen LogP contribution in [0.4, 0.5) is 0 Å². The summed E-state index contributed by atoms with van der Waals surface area (Å²) >= 11 is 6.83. The van der Waals surface area contributed by atoms with Gasteiger partial charge in [0.05, 0.1) is 10.3 Å².